The Kier molecular flexibility index (Phi) is 6.10. The van der Waals surface area contributed by atoms with E-state index in [-0.39, 0.29) is 6.42 Å². The molecular formula is C13H19NO3. The Morgan fingerprint density at radius 2 is 2.24 bits per heavy atom. The lowest BCUT2D eigenvalue weighted by atomic mass is 10.2. The summed E-state index contributed by atoms with van der Waals surface area (Å²) >= 11 is 0. The quantitative estimate of drug-likeness (QED) is 0.682. The summed E-state index contributed by atoms with van der Waals surface area (Å²) in [5, 5.41) is 11.8. The Bertz CT molecular complexity index is 352. The van der Waals surface area contributed by atoms with Gasteiger partial charge in [0.05, 0.1) is 6.61 Å². The molecule has 0 saturated heterocycles. The van der Waals surface area contributed by atoms with Crippen molar-refractivity contribution in [3.8, 4) is 0 Å². The van der Waals surface area contributed by atoms with E-state index in [2.05, 4.69) is 5.32 Å². The molecule has 1 rings (SSSR count). The van der Waals surface area contributed by atoms with Crippen LogP contribution in [0.5, 0.6) is 0 Å². The van der Waals surface area contributed by atoms with Crippen molar-refractivity contribution in [1.29, 1.82) is 0 Å². The molecule has 0 aromatic heterocycles. The van der Waals surface area contributed by atoms with E-state index in [4.69, 9.17) is 9.84 Å². The second-order valence-electron chi connectivity index (χ2n) is 3.91. The molecule has 0 atom stereocenters. The predicted octanol–water partition coefficient (Wildman–Crippen LogP) is 2.50. The molecule has 0 aliphatic carbocycles. The summed E-state index contributed by atoms with van der Waals surface area (Å²) in [7, 11) is 1.67. The van der Waals surface area contributed by atoms with Crippen LogP contribution in [0.1, 0.15) is 24.8 Å². The van der Waals surface area contributed by atoms with Crippen molar-refractivity contribution in [3.05, 3.63) is 29.8 Å². The van der Waals surface area contributed by atoms with Gasteiger partial charge in [0.1, 0.15) is 0 Å². The maximum Gasteiger partial charge on any atom is 0.303 e. The van der Waals surface area contributed by atoms with Gasteiger partial charge in [-0.25, -0.2) is 0 Å². The van der Waals surface area contributed by atoms with Gasteiger partial charge in [-0.1, -0.05) is 12.1 Å². The number of carboxylic acid groups (broad SMARTS) is 1. The SMILES string of the molecule is COCc1cccc(NCCCCC(=O)O)c1. The Hall–Kier alpha value is -1.55. The van der Waals surface area contributed by atoms with E-state index >= 15 is 0 Å². The van der Waals surface area contributed by atoms with E-state index in [0.29, 0.717) is 13.0 Å². The van der Waals surface area contributed by atoms with Crippen molar-refractivity contribution in [1.82, 2.24) is 0 Å². The molecule has 4 nitrogen and oxygen atoms in total. The van der Waals surface area contributed by atoms with Gasteiger partial charge in [-0.15, -0.1) is 0 Å². The zero-order valence-corrected chi connectivity index (χ0v) is 10.1. The molecule has 4 heteroatoms. The van der Waals surface area contributed by atoms with E-state index in [1.807, 2.05) is 24.3 Å². The summed E-state index contributed by atoms with van der Waals surface area (Å²) in [5.74, 6) is -0.730. The van der Waals surface area contributed by atoms with Crippen LogP contribution in [0.15, 0.2) is 24.3 Å². The molecule has 1 aromatic rings. The second kappa shape index (κ2) is 7.68. The first kappa shape index (κ1) is 13.5. The van der Waals surface area contributed by atoms with Gasteiger partial charge < -0.3 is 15.2 Å². The fourth-order valence-electron chi connectivity index (χ4n) is 1.57. The normalized spacial score (nSPS) is 10.2. The molecule has 94 valence electrons. The molecule has 0 spiro atoms. The van der Waals surface area contributed by atoms with Gasteiger partial charge in [0.25, 0.3) is 0 Å². The Morgan fingerprint density at radius 1 is 1.41 bits per heavy atom. The number of methoxy groups -OCH3 is 1. The minimum Gasteiger partial charge on any atom is -0.481 e. The number of hydrogen-bond donors (Lipinski definition) is 2. The first-order valence-corrected chi connectivity index (χ1v) is 5.76. The molecule has 1 aromatic carbocycles. The first-order valence-electron chi connectivity index (χ1n) is 5.76. The summed E-state index contributed by atoms with van der Waals surface area (Å²) in [6.45, 7) is 1.40. The van der Waals surface area contributed by atoms with Crippen molar-refractivity contribution in [3.63, 3.8) is 0 Å². The third-order valence-corrected chi connectivity index (χ3v) is 2.38. The summed E-state index contributed by atoms with van der Waals surface area (Å²) in [6, 6.07) is 8.03. The van der Waals surface area contributed by atoms with Crippen LogP contribution < -0.4 is 5.32 Å². The van der Waals surface area contributed by atoms with E-state index < -0.39 is 5.97 Å². The first-order chi connectivity index (χ1) is 8.22. The number of unbranched alkanes of at least 4 members (excludes halogenated alkanes) is 1. The number of benzene rings is 1. The highest BCUT2D eigenvalue weighted by molar-refractivity contribution is 5.66. The van der Waals surface area contributed by atoms with Crippen LogP contribution in [0.4, 0.5) is 5.69 Å². The summed E-state index contributed by atoms with van der Waals surface area (Å²) in [4.78, 5) is 10.3. The average molecular weight is 237 g/mol. The smallest absolute Gasteiger partial charge is 0.303 e. The average Bonchev–Trinajstić information content (AvgIpc) is 2.29. The largest absolute Gasteiger partial charge is 0.481 e. The van der Waals surface area contributed by atoms with E-state index in [0.717, 1.165) is 24.2 Å². The number of aliphatic carboxylic acids is 1. The van der Waals surface area contributed by atoms with Crippen LogP contribution in [0.2, 0.25) is 0 Å². The second-order valence-corrected chi connectivity index (χ2v) is 3.91. The van der Waals surface area contributed by atoms with Crippen molar-refractivity contribution >= 4 is 11.7 Å². The van der Waals surface area contributed by atoms with Crippen molar-refractivity contribution in [2.75, 3.05) is 19.0 Å². The van der Waals surface area contributed by atoms with Gasteiger partial charge in [-0.05, 0) is 30.5 Å². The molecule has 0 heterocycles. The van der Waals surface area contributed by atoms with Crippen LogP contribution in [0, 0.1) is 0 Å². The molecular weight excluding hydrogens is 218 g/mol. The topological polar surface area (TPSA) is 58.6 Å². The van der Waals surface area contributed by atoms with E-state index in [9.17, 15) is 4.79 Å². The van der Waals surface area contributed by atoms with Gasteiger partial charge >= 0.3 is 5.97 Å². The standard InChI is InChI=1S/C13H19NO3/c1-17-10-11-5-4-6-12(9-11)14-8-3-2-7-13(15)16/h4-6,9,14H,2-3,7-8,10H2,1H3,(H,15,16). The number of ether oxygens (including phenoxy) is 1. The molecule has 2 N–H and O–H groups in total. The number of carboxylic acids is 1. The van der Waals surface area contributed by atoms with E-state index in [1.165, 1.54) is 0 Å². The zero-order valence-electron chi connectivity index (χ0n) is 10.1. The molecule has 0 aliphatic heterocycles. The maximum absolute atomic E-state index is 10.3. The predicted molar refractivity (Wildman–Crippen MR) is 67.1 cm³/mol. The van der Waals surface area contributed by atoms with Crippen LogP contribution in [-0.4, -0.2) is 24.7 Å². The van der Waals surface area contributed by atoms with Crippen LogP contribution in [0.3, 0.4) is 0 Å². The number of carbonyl (C=O) groups is 1. The maximum atomic E-state index is 10.3. The van der Waals surface area contributed by atoms with Crippen LogP contribution >= 0.6 is 0 Å². The fraction of sp³-hybridized carbons (Fsp3) is 0.462. The van der Waals surface area contributed by atoms with Crippen molar-refractivity contribution in [2.45, 2.75) is 25.9 Å². The van der Waals surface area contributed by atoms with Gasteiger partial charge in [0.15, 0.2) is 0 Å². The van der Waals surface area contributed by atoms with Gasteiger partial charge in [-0.3, -0.25) is 4.79 Å². The molecule has 0 amide bonds. The molecule has 17 heavy (non-hydrogen) atoms. The third-order valence-electron chi connectivity index (χ3n) is 2.38. The number of anilines is 1. The molecule has 0 radical (unpaired) electrons. The highest BCUT2D eigenvalue weighted by Gasteiger charge is 1.97. The Labute approximate surface area is 102 Å². The fourth-order valence-corrected chi connectivity index (χ4v) is 1.57. The third kappa shape index (κ3) is 5.92. The van der Waals surface area contributed by atoms with Gasteiger partial charge in [-0.2, -0.15) is 0 Å². The molecule has 0 bridgehead atoms. The molecule has 0 fully saturated rings. The number of nitrogens with one attached hydrogen (secondary N) is 1. The highest BCUT2D eigenvalue weighted by Crippen LogP contribution is 2.11. The monoisotopic (exact) mass is 237 g/mol. The van der Waals surface area contributed by atoms with Crippen molar-refractivity contribution in [2.24, 2.45) is 0 Å². The molecule has 0 unspecified atom stereocenters. The molecule has 0 saturated carbocycles. The zero-order chi connectivity index (χ0) is 12.5. The lowest BCUT2D eigenvalue weighted by molar-refractivity contribution is -0.137. The highest BCUT2D eigenvalue weighted by atomic mass is 16.5. The Balaban J connectivity index is 2.26. The number of hydrogen-bond acceptors (Lipinski definition) is 3. The number of rotatable bonds is 8. The van der Waals surface area contributed by atoms with Crippen molar-refractivity contribution < 1.29 is 14.6 Å². The minimum absolute atomic E-state index is 0.241. The minimum atomic E-state index is -0.730. The van der Waals surface area contributed by atoms with E-state index in [1.54, 1.807) is 7.11 Å². The molecule has 0 aliphatic rings. The lowest BCUT2D eigenvalue weighted by Gasteiger charge is -2.07. The summed E-state index contributed by atoms with van der Waals surface area (Å²) < 4.78 is 5.06. The van der Waals surface area contributed by atoms with Gasteiger partial charge in [0.2, 0.25) is 0 Å². The van der Waals surface area contributed by atoms with Crippen LogP contribution in [0.25, 0.3) is 0 Å². The lowest BCUT2D eigenvalue weighted by Crippen LogP contribution is -2.03. The van der Waals surface area contributed by atoms with Gasteiger partial charge in [0, 0.05) is 25.8 Å². The summed E-state index contributed by atoms with van der Waals surface area (Å²) in [5.41, 5.74) is 2.18. The Morgan fingerprint density at radius 3 is 2.94 bits per heavy atom. The van der Waals surface area contributed by atoms with Crippen LogP contribution in [-0.2, 0) is 16.1 Å². The summed E-state index contributed by atoms with van der Waals surface area (Å²) in [6.07, 6.45) is 1.81.